The number of nitrogens with one attached hydrogen (secondary N) is 1. The minimum Gasteiger partial charge on any atom is -0.462 e. The van der Waals surface area contributed by atoms with Crippen LogP contribution in [0.2, 0.25) is 0 Å². The molecule has 5 nitrogen and oxygen atoms in total. The van der Waals surface area contributed by atoms with Crippen LogP contribution in [0.4, 0.5) is 0 Å². The molecule has 0 bridgehead atoms. The number of nitrogens with zero attached hydrogens (tertiary/aromatic N) is 2. The number of thiazole rings is 1. The molecule has 0 aliphatic heterocycles. The first-order valence-electron chi connectivity index (χ1n) is 5.42. The van der Waals surface area contributed by atoms with Gasteiger partial charge >= 0.3 is 0 Å². The summed E-state index contributed by atoms with van der Waals surface area (Å²) in [6.07, 6.45) is 3.35. The molecule has 0 saturated carbocycles. The van der Waals surface area contributed by atoms with Gasteiger partial charge in [-0.15, -0.1) is 41.9 Å². The van der Waals surface area contributed by atoms with E-state index in [0.717, 1.165) is 16.5 Å². The van der Waals surface area contributed by atoms with E-state index in [4.69, 9.17) is 10.2 Å². The highest BCUT2D eigenvalue weighted by Gasteiger charge is 2.06. The van der Waals surface area contributed by atoms with Crippen molar-refractivity contribution in [2.24, 2.45) is 10.7 Å². The summed E-state index contributed by atoms with van der Waals surface area (Å²) in [7, 11) is 0. The Morgan fingerprint density at radius 2 is 2.47 bits per heavy atom. The molecular formula is C12H15IN4OS. The Labute approximate surface area is 132 Å². The molecular weight excluding hydrogens is 375 g/mol. The maximum absolute atomic E-state index is 5.66. The van der Waals surface area contributed by atoms with Crippen molar-refractivity contribution in [2.45, 2.75) is 6.54 Å². The maximum Gasteiger partial charge on any atom is 0.189 e. The van der Waals surface area contributed by atoms with Gasteiger partial charge in [0, 0.05) is 11.9 Å². The van der Waals surface area contributed by atoms with Crippen molar-refractivity contribution >= 4 is 41.3 Å². The van der Waals surface area contributed by atoms with Crippen LogP contribution in [0.3, 0.4) is 0 Å². The molecule has 0 aliphatic rings. The first kappa shape index (κ1) is 15.7. The van der Waals surface area contributed by atoms with Gasteiger partial charge in [-0.2, -0.15) is 0 Å². The van der Waals surface area contributed by atoms with Crippen LogP contribution in [-0.4, -0.2) is 17.5 Å². The van der Waals surface area contributed by atoms with Gasteiger partial charge in [-0.1, -0.05) is 6.08 Å². The van der Waals surface area contributed by atoms with E-state index in [9.17, 15) is 0 Å². The SMILES string of the molecule is C=CCNC(N)=NCc1csc(-c2ccco2)n1.I. The van der Waals surface area contributed by atoms with E-state index in [1.54, 1.807) is 12.3 Å². The van der Waals surface area contributed by atoms with Crippen LogP contribution < -0.4 is 11.1 Å². The topological polar surface area (TPSA) is 76.4 Å². The Bertz CT molecular complexity index is 536. The standard InChI is InChI=1S/C12H14N4OS.HI/c1-2-5-14-12(13)15-7-9-8-18-11(16-9)10-4-3-6-17-10;/h2-4,6,8H,1,5,7H2,(H3,13,14,15);1H. The third kappa shape index (κ3) is 4.67. The summed E-state index contributed by atoms with van der Waals surface area (Å²) in [6, 6.07) is 3.72. The molecule has 0 unspecified atom stereocenters. The monoisotopic (exact) mass is 390 g/mol. The Morgan fingerprint density at radius 3 is 3.16 bits per heavy atom. The Kier molecular flexibility index (Phi) is 6.57. The molecule has 102 valence electrons. The van der Waals surface area contributed by atoms with Crippen LogP contribution in [0.25, 0.3) is 10.8 Å². The predicted octanol–water partition coefficient (Wildman–Crippen LogP) is 2.61. The molecule has 2 aromatic rings. The molecule has 19 heavy (non-hydrogen) atoms. The fourth-order valence-corrected chi connectivity index (χ4v) is 2.07. The number of furan rings is 1. The molecule has 0 aliphatic carbocycles. The van der Waals surface area contributed by atoms with Crippen molar-refractivity contribution in [1.29, 1.82) is 0 Å². The summed E-state index contributed by atoms with van der Waals surface area (Å²) in [4.78, 5) is 8.59. The summed E-state index contributed by atoms with van der Waals surface area (Å²) in [5.74, 6) is 1.16. The highest BCUT2D eigenvalue weighted by molar-refractivity contribution is 14.0. The van der Waals surface area contributed by atoms with Crippen LogP contribution >= 0.6 is 35.3 Å². The minimum absolute atomic E-state index is 0. The zero-order chi connectivity index (χ0) is 12.8. The van der Waals surface area contributed by atoms with Crippen LogP contribution in [0.15, 0.2) is 45.8 Å². The smallest absolute Gasteiger partial charge is 0.189 e. The molecule has 2 rings (SSSR count). The van der Waals surface area contributed by atoms with Gasteiger partial charge in [-0.3, -0.25) is 0 Å². The highest BCUT2D eigenvalue weighted by Crippen LogP contribution is 2.24. The largest absolute Gasteiger partial charge is 0.462 e. The molecule has 7 heteroatoms. The van der Waals surface area contributed by atoms with E-state index < -0.39 is 0 Å². The third-order valence-electron chi connectivity index (χ3n) is 2.12. The van der Waals surface area contributed by atoms with E-state index in [2.05, 4.69) is 21.9 Å². The first-order chi connectivity index (χ1) is 8.79. The van der Waals surface area contributed by atoms with Gasteiger partial charge in [0.25, 0.3) is 0 Å². The van der Waals surface area contributed by atoms with Gasteiger partial charge in [0.1, 0.15) is 0 Å². The van der Waals surface area contributed by atoms with Crippen molar-refractivity contribution in [3.05, 3.63) is 42.1 Å². The molecule has 2 aromatic heterocycles. The molecule has 0 saturated heterocycles. The average molecular weight is 390 g/mol. The van der Waals surface area contributed by atoms with Crippen molar-refractivity contribution in [3.8, 4) is 10.8 Å². The molecule has 0 amide bonds. The number of guanidine groups is 1. The Morgan fingerprint density at radius 1 is 1.63 bits per heavy atom. The Balaban J connectivity index is 0.00000180. The lowest BCUT2D eigenvalue weighted by atomic mass is 10.4. The lowest BCUT2D eigenvalue weighted by Crippen LogP contribution is -2.31. The summed E-state index contributed by atoms with van der Waals surface area (Å²) in [5.41, 5.74) is 6.53. The summed E-state index contributed by atoms with van der Waals surface area (Å²) < 4.78 is 5.28. The first-order valence-corrected chi connectivity index (χ1v) is 6.30. The number of rotatable bonds is 5. The van der Waals surface area contributed by atoms with Crippen molar-refractivity contribution in [2.75, 3.05) is 6.54 Å². The lowest BCUT2D eigenvalue weighted by Gasteiger charge is -2.00. The number of halogens is 1. The van der Waals surface area contributed by atoms with Crippen LogP contribution in [0.1, 0.15) is 5.69 Å². The number of hydrogen-bond donors (Lipinski definition) is 2. The van der Waals surface area contributed by atoms with Gasteiger partial charge in [0.05, 0.1) is 18.5 Å². The zero-order valence-corrected chi connectivity index (χ0v) is 13.4. The van der Waals surface area contributed by atoms with E-state index in [-0.39, 0.29) is 24.0 Å². The minimum atomic E-state index is 0. The molecule has 0 atom stereocenters. The number of hydrogen-bond acceptors (Lipinski definition) is 4. The van der Waals surface area contributed by atoms with Gasteiger partial charge in [-0.05, 0) is 12.1 Å². The quantitative estimate of drug-likeness (QED) is 0.356. The number of aliphatic imine (C=N–C) groups is 1. The second kappa shape index (κ2) is 7.95. The zero-order valence-electron chi connectivity index (χ0n) is 10.2. The lowest BCUT2D eigenvalue weighted by molar-refractivity contribution is 0.581. The number of nitrogens with two attached hydrogens (primary N) is 1. The normalized spacial score (nSPS) is 10.8. The van der Waals surface area contributed by atoms with Gasteiger partial charge in [-0.25, -0.2) is 9.98 Å². The fourth-order valence-electron chi connectivity index (χ4n) is 1.29. The number of aromatic nitrogens is 1. The van der Waals surface area contributed by atoms with Crippen LogP contribution in [-0.2, 0) is 6.54 Å². The van der Waals surface area contributed by atoms with Gasteiger partial charge in [0.2, 0.25) is 0 Å². The second-order valence-electron chi connectivity index (χ2n) is 3.49. The predicted molar refractivity (Wildman–Crippen MR) is 88.8 cm³/mol. The van der Waals surface area contributed by atoms with E-state index in [1.807, 2.05) is 17.5 Å². The third-order valence-corrected chi connectivity index (χ3v) is 3.03. The molecule has 0 fully saturated rings. The van der Waals surface area contributed by atoms with E-state index >= 15 is 0 Å². The fraction of sp³-hybridized carbons (Fsp3) is 0.167. The maximum atomic E-state index is 5.66. The van der Waals surface area contributed by atoms with Crippen LogP contribution in [0, 0.1) is 0 Å². The molecule has 0 spiro atoms. The van der Waals surface area contributed by atoms with Crippen molar-refractivity contribution < 1.29 is 4.42 Å². The molecule has 0 radical (unpaired) electrons. The Hall–Kier alpha value is -1.35. The summed E-state index contributed by atoms with van der Waals surface area (Å²) >= 11 is 1.53. The van der Waals surface area contributed by atoms with Gasteiger partial charge in [0.15, 0.2) is 16.7 Å². The average Bonchev–Trinajstić information content (AvgIpc) is 3.03. The van der Waals surface area contributed by atoms with Crippen LogP contribution in [0.5, 0.6) is 0 Å². The second-order valence-corrected chi connectivity index (χ2v) is 4.35. The highest BCUT2D eigenvalue weighted by atomic mass is 127. The molecule has 3 N–H and O–H groups in total. The van der Waals surface area contributed by atoms with Gasteiger partial charge < -0.3 is 15.5 Å². The molecule has 2 heterocycles. The van der Waals surface area contributed by atoms with Crippen molar-refractivity contribution in [1.82, 2.24) is 10.3 Å². The summed E-state index contributed by atoms with van der Waals surface area (Å²) in [5, 5.41) is 5.70. The van der Waals surface area contributed by atoms with E-state index in [1.165, 1.54) is 11.3 Å². The van der Waals surface area contributed by atoms with Crippen molar-refractivity contribution in [3.63, 3.8) is 0 Å². The van der Waals surface area contributed by atoms with E-state index in [0.29, 0.717) is 19.0 Å². The summed E-state index contributed by atoms with van der Waals surface area (Å²) in [6.45, 7) is 4.64. The molecule has 0 aromatic carbocycles.